The number of aliphatic hydroxyl groups is 1. The first kappa shape index (κ1) is 20.2. The van der Waals surface area contributed by atoms with Crippen LogP contribution in [0.15, 0.2) is 36.7 Å². The van der Waals surface area contributed by atoms with Gasteiger partial charge in [0.15, 0.2) is 0 Å². The number of amides is 1. The van der Waals surface area contributed by atoms with Gasteiger partial charge in [0.2, 0.25) is 0 Å². The molecule has 0 atom stereocenters. The third kappa shape index (κ3) is 5.96. The van der Waals surface area contributed by atoms with Gasteiger partial charge in [-0.15, -0.1) is 12.4 Å². The van der Waals surface area contributed by atoms with E-state index in [0.717, 1.165) is 5.56 Å². The smallest absolute Gasteiger partial charge is 0.252 e. The van der Waals surface area contributed by atoms with Crippen molar-refractivity contribution >= 4 is 29.9 Å². The van der Waals surface area contributed by atoms with Crippen LogP contribution < -0.4 is 10.1 Å². The molecule has 1 amide bonds. The predicted molar refractivity (Wildman–Crippen MR) is 91.5 cm³/mol. The lowest BCUT2D eigenvalue weighted by atomic mass is 10.1. The Bertz CT molecular complexity index is 686. The van der Waals surface area contributed by atoms with Crippen LogP contribution in [0.4, 0.5) is 4.39 Å². The van der Waals surface area contributed by atoms with Gasteiger partial charge >= 0.3 is 0 Å². The van der Waals surface area contributed by atoms with Gasteiger partial charge in [0.05, 0.1) is 18.4 Å². The van der Waals surface area contributed by atoms with Gasteiger partial charge < -0.3 is 15.2 Å². The molecule has 1 aromatic heterocycles. The van der Waals surface area contributed by atoms with Crippen LogP contribution in [-0.4, -0.2) is 35.8 Å². The molecule has 0 radical (unpaired) electrons. The number of nitrogens with one attached hydrogen (secondary N) is 1. The van der Waals surface area contributed by atoms with Crippen molar-refractivity contribution in [1.82, 2.24) is 10.3 Å². The summed E-state index contributed by atoms with van der Waals surface area (Å²) in [6, 6.07) is 5.71. The topological polar surface area (TPSA) is 71.5 Å². The highest BCUT2D eigenvalue weighted by molar-refractivity contribution is 6.31. The van der Waals surface area contributed by atoms with Gasteiger partial charge in [0, 0.05) is 17.8 Å². The number of rotatable bonds is 7. The highest BCUT2D eigenvalue weighted by Gasteiger charge is 2.08. The molecule has 1 heterocycles. The van der Waals surface area contributed by atoms with Crippen molar-refractivity contribution in [2.75, 3.05) is 19.8 Å². The molecule has 130 valence electrons. The lowest BCUT2D eigenvalue weighted by Gasteiger charge is -2.08. The number of ether oxygens (including phenoxy) is 1. The third-order valence-electron chi connectivity index (χ3n) is 3.03. The van der Waals surface area contributed by atoms with Crippen LogP contribution in [0, 0.1) is 5.82 Å². The van der Waals surface area contributed by atoms with E-state index in [1.165, 1.54) is 24.5 Å². The summed E-state index contributed by atoms with van der Waals surface area (Å²) in [6.07, 6.45) is 3.37. The summed E-state index contributed by atoms with van der Waals surface area (Å²) in [5.41, 5.74) is 1.11. The van der Waals surface area contributed by atoms with E-state index in [9.17, 15) is 9.18 Å². The summed E-state index contributed by atoms with van der Waals surface area (Å²) >= 11 is 5.93. The second kappa shape index (κ2) is 10.1. The number of hydrogen-bond acceptors (Lipinski definition) is 4. The second-order valence-electron chi connectivity index (χ2n) is 4.72. The van der Waals surface area contributed by atoms with Gasteiger partial charge in [0.25, 0.3) is 5.91 Å². The Hall–Kier alpha value is -1.89. The molecular formula is C16H17Cl2FN2O3. The number of hydrogen-bond donors (Lipinski definition) is 2. The fourth-order valence-corrected chi connectivity index (χ4v) is 2.18. The summed E-state index contributed by atoms with van der Waals surface area (Å²) in [6.45, 7) is 0.372. The minimum atomic E-state index is -0.395. The van der Waals surface area contributed by atoms with Gasteiger partial charge in [-0.1, -0.05) is 17.7 Å². The van der Waals surface area contributed by atoms with Crippen LogP contribution in [0.3, 0.4) is 0 Å². The normalized spacial score (nSPS) is 9.96. The predicted octanol–water partition coefficient (Wildman–Crippen LogP) is 2.64. The van der Waals surface area contributed by atoms with Gasteiger partial charge in [0.1, 0.15) is 18.2 Å². The van der Waals surface area contributed by atoms with Gasteiger partial charge in [-0.05, 0) is 30.2 Å². The highest BCUT2D eigenvalue weighted by atomic mass is 35.5. The van der Waals surface area contributed by atoms with Crippen molar-refractivity contribution in [2.24, 2.45) is 0 Å². The summed E-state index contributed by atoms with van der Waals surface area (Å²) in [4.78, 5) is 16.0. The Morgan fingerprint density at radius 1 is 1.33 bits per heavy atom. The maximum Gasteiger partial charge on any atom is 0.252 e. The zero-order valence-electron chi connectivity index (χ0n) is 12.7. The van der Waals surface area contributed by atoms with E-state index in [0.29, 0.717) is 29.3 Å². The average molecular weight is 375 g/mol. The molecule has 5 nitrogen and oxygen atoms in total. The minimum absolute atomic E-state index is 0. The van der Waals surface area contributed by atoms with E-state index in [-0.39, 0.29) is 31.5 Å². The first-order valence-corrected chi connectivity index (χ1v) is 7.39. The van der Waals surface area contributed by atoms with Crippen molar-refractivity contribution in [1.29, 1.82) is 0 Å². The molecule has 24 heavy (non-hydrogen) atoms. The number of nitrogens with zero attached hydrogens (tertiary/aromatic N) is 1. The molecular weight excluding hydrogens is 358 g/mol. The van der Waals surface area contributed by atoms with E-state index in [2.05, 4.69) is 10.3 Å². The van der Waals surface area contributed by atoms with Crippen LogP contribution in [0.1, 0.15) is 15.9 Å². The molecule has 0 spiro atoms. The van der Waals surface area contributed by atoms with Crippen molar-refractivity contribution in [2.45, 2.75) is 6.42 Å². The molecule has 0 aliphatic rings. The summed E-state index contributed by atoms with van der Waals surface area (Å²) < 4.78 is 18.2. The number of carbonyl (C=O) groups is 1. The number of carbonyl (C=O) groups excluding carboxylic acids is 1. The Morgan fingerprint density at radius 2 is 2.12 bits per heavy atom. The van der Waals surface area contributed by atoms with Gasteiger partial charge in [-0.2, -0.15) is 0 Å². The molecule has 1 aromatic carbocycles. The standard InChI is InChI=1S/C16H16ClFN2O3.ClH/c17-15-8-13(18)2-1-11(15)3-4-20-16(22)12-7-14(10-19-9-12)23-6-5-21;/h1-2,7-10,21H,3-6H2,(H,20,22);1H. The highest BCUT2D eigenvalue weighted by Crippen LogP contribution is 2.17. The zero-order valence-corrected chi connectivity index (χ0v) is 14.2. The molecule has 0 aliphatic heterocycles. The third-order valence-corrected chi connectivity index (χ3v) is 3.38. The summed E-state index contributed by atoms with van der Waals surface area (Å²) in [5, 5.41) is 11.8. The van der Waals surface area contributed by atoms with E-state index in [1.54, 1.807) is 12.1 Å². The molecule has 0 aliphatic carbocycles. The minimum Gasteiger partial charge on any atom is -0.490 e. The SMILES string of the molecule is Cl.O=C(NCCc1ccc(F)cc1Cl)c1cncc(OCCO)c1. The summed E-state index contributed by atoms with van der Waals surface area (Å²) in [7, 11) is 0. The first-order chi connectivity index (χ1) is 11.1. The lowest BCUT2D eigenvalue weighted by Crippen LogP contribution is -2.26. The fraction of sp³-hybridized carbons (Fsp3) is 0.250. The Balaban J connectivity index is 0.00000288. The number of benzene rings is 1. The maximum absolute atomic E-state index is 13.0. The quantitative estimate of drug-likeness (QED) is 0.781. The molecule has 0 saturated carbocycles. The van der Waals surface area contributed by atoms with Crippen LogP contribution >= 0.6 is 24.0 Å². The van der Waals surface area contributed by atoms with Gasteiger partial charge in [-0.3, -0.25) is 9.78 Å². The molecule has 2 N–H and O–H groups in total. The number of halogens is 3. The van der Waals surface area contributed by atoms with Crippen molar-refractivity contribution in [3.05, 3.63) is 58.6 Å². The molecule has 2 rings (SSSR count). The zero-order chi connectivity index (χ0) is 16.7. The maximum atomic E-state index is 13.0. The second-order valence-corrected chi connectivity index (χ2v) is 5.13. The lowest BCUT2D eigenvalue weighted by molar-refractivity contribution is 0.0953. The van der Waals surface area contributed by atoms with Gasteiger partial charge in [-0.25, -0.2) is 4.39 Å². The largest absolute Gasteiger partial charge is 0.490 e. The van der Waals surface area contributed by atoms with E-state index < -0.39 is 5.82 Å². The molecule has 2 aromatic rings. The fourth-order valence-electron chi connectivity index (χ4n) is 1.92. The van der Waals surface area contributed by atoms with Crippen molar-refractivity contribution in [3.63, 3.8) is 0 Å². The number of pyridine rings is 1. The average Bonchev–Trinajstić information content (AvgIpc) is 2.55. The number of aromatic nitrogens is 1. The molecule has 8 heteroatoms. The monoisotopic (exact) mass is 374 g/mol. The molecule has 0 fully saturated rings. The number of aliphatic hydroxyl groups excluding tert-OH is 1. The first-order valence-electron chi connectivity index (χ1n) is 7.01. The van der Waals surface area contributed by atoms with E-state index in [4.69, 9.17) is 21.4 Å². The Kier molecular flexibility index (Phi) is 8.46. The molecule has 0 unspecified atom stereocenters. The van der Waals surface area contributed by atoms with Crippen molar-refractivity contribution in [3.8, 4) is 5.75 Å². The van der Waals surface area contributed by atoms with Crippen LogP contribution in [0.2, 0.25) is 5.02 Å². The van der Waals surface area contributed by atoms with E-state index in [1.807, 2.05) is 0 Å². The van der Waals surface area contributed by atoms with E-state index >= 15 is 0 Å². The molecule has 0 saturated heterocycles. The molecule has 0 bridgehead atoms. The van der Waals surface area contributed by atoms with Crippen molar-refractivity contribution < 1.29 is 19.0 Å². The Morgan fingerprint density at radius 3 is 2.83 bits per heavy atom. The summed E-state index contributed by atoms with van der Waals surface area (Å²) in [5.74, 6) is -0.285. The van der Waals surface area contributed by atoms with Crippen LogP contribution in [0.5, 0.6) is 5.75 Å². The Labute approximate surface area is 150 Å². The van der Waals surface area contributed by atoms with Crippen LogP contribution in [-0.2, 0) is 6.42 Å². The van der Waals surface area contributed by atoms with Crippen LogP contribution in [0.25, 0.3) is 0 Å².